The van der Waals surface area contributed by atoms with Crippen LogP contribution >= 0.6 is 0 Å². The van der Waals surface area contributed by atoms with E-state index in [1.807, 2.05) is 39.0 Å². The Morgan fingerprint density at radius 3 is 2.19 bits per heavy atom. The van der Waals surface area contributed by atoms with Crippen LogP contribution in [-0.4, -0.2) is 4.98 Å². The summed E-state index contributed by atoms with van der Waals surface area (Å²) in [5.41, 5.74) is 1.77. The summed E-state index contributed by atoms with van der Waals surface area (Å²) >= 11 is 0. The van der Waals surface area contributed by atoms with Gasteiger partial charge in [0, 0.05) is 5.39 Å². The summed E-state index contributed by atoms with van der Waals surface area (Å²) in [4.78, 5) is 3.98. The largest absolute Gasteiger partial charge is 0.433 e. The zero-order chi connectivity index (χ0) is 15.6. The molecular formula is C17H20F3N. The number of pyridine rings is 1. The molecule has 0 aliphatic carbocycles. The van der Waals surface area contributed by atoms with Crippen LogP contribution in [0.2, 0.25) is 0 Å². The normalized spacial score (nSPS) is 12.1. The topological polar surface area (TPSA) is 12.9 Å². The number of aryl methyl sites for hydroxylation is 2. The second-order valence-corrected chi connectivity index (χ2v) is 5.39. The molecule has 0 saturated heterocycles. The fourth-order valence-corrected chi connectivity index (χ4v) is 2.82. The zero-order valence-electron chi connectivity index (χ0n) is 12.6. The SMILES string of the molecule is CCCc1c(C(F)(F)F)nc2c(C)cccc2c1CCC. The monoisotopic (exact) mass is 295 g/mol. The van der Waals surface area contributed by atoms with E-state index in [9.17, 15) is 13.2 Å². The average molecular weight is 295 g/mol. The van der Waals surface area contributed by atoms with Gasteiger partial charge in [-0.2, -0.15) is 13.2 Å². The number of fused-ring (bicyclic) bond motifs is 1. The maximum Gasteiger partial charge on any atom is 0.433 e. The Morgan fingerprint density at radius 2 is 1.62 bits per heavy atom. The molecule has 0 aliphatic heterocycles. The summed E-state index contributed by atoms with van der Waals surface area (Å²) in [6.07, 6.45) is -1.83. The molecule has 0 unspecified atom stereocenters. The van der Waals surface area contributed by atoms with E-state index in [0.717, 1.165) is 22.9 Å². The van der Waals surface area contributed by atoms with Crippen LogP contribution in [0, 0.1) is 6.92 Å². The molecule has 1 aromatic heterocycles. The van der Waals surface area contributed by atoms with Crippen LogP contribution < -0.4 is 0 Å². The van der Waals surface area contributed by atoms with Gasteiger partial charge in [-0.1, -0.05) is 44.9 Å². The number of hydrogen-bond donors (Lipinski definition) is 0. The van der Waals surface area contributed by atoms with Gasteiger partial charge in [0.05, 0.1) is 5.52 Å². The van der Waals surface area contributed by atoms with Gasteiger partial charge in [0.15, 0.2) is 0 Å². The summed E-state index contributed by atoms with van der Waals surface area (Å²) in [6, 6.07) is 5.59. The molecule has 0 saturated carbocycles. The maximum atomic E-state index is 13.4. The Balaban J connectivity index is 2.87. The number of aromatic nitrogens is 1. The van der Waals surface area contributed by atoms with Crippen LogP contribution in [0.3, 0.4) is 0 Å². The fraction of sp³-hybridized carbons (Fsp3) is 0.471. The van der Waals surface area contributed by atoms with E-state index in [1.54, 1.807) is 0 Å². The van der Waals surface area contributed by atoms with Crippen molar-refractivity contribution < 1.29 is 13.2 Å². The Morgan fingerprint density at radius 1 is 1.00 bits per heavy atom. The minimum atomic E-state index is -4.40. The first-order chi connectivity index (χ1) is 9.90. The molecular weight excluding hydrogens is 275 g/mol. The summed E-state index contributed by atoms with van der Waals surface area (Å²) in [6.45, 7) is 5.70. The van der Waals surface area contributed by atoms with E-state index >= 15 is 0 Å². The highest BCUT2D eigenvalue weighted by molar-refractivity contribution is 5.86. The van der Waals surface area contributed by atoms with Gasteiger partial charge in [-0.05, 0) is 36.5 Å². The lowest BCUT2D eigenvalue weighted by atomic mass is 9.93. The van der Waals surface area contributed by atoms with Crippen LogP contribution in [0.5, 0.6) is 0 Å². The van der Waals surface area contributed by atoms with Crippen molar-refractivity contribution in [3.8, 4) is 0 Å². The van der Waals surface area contributed by atoms with Crippen LogP contribution in [0.1, 0.15) is 49.1 Å². The molecule has 0 radical (unpaired) electrons. The molecule has 0 spiro atoms. The van der Waals surface area contributed by atoms with Crippen molar-refractivity contribution in [2.45, 2.75) is 52.6 Å². The third kappa shape index (κ3) is 3.04. The first-order valence-electron chi connectivity index (χ1n) is 7.38. The number of hydrogen-bond acceptors (Lipinski definition) is 1. The fourth-order valence-electron chi connectivity index (χ4n) is 2.82. The standard InChI is InChI=1S/C17H20F3N/c1-4-7-12-13-10-6-9-11(3)15(13)21-16(17(18,19)20)14(12)8-5-2/h6,9-10H,4-5,7-8H2,1-3H3. The van der Waals surface area contributed by atoms with E-state index in [2.05, 4.69) is 4.98 Å². The lowest BCUT2D eigenvalue weighted by Crippen LogP contribution is -2.15. The molecule has 1 aromatic carbocycles. The first kappa shape index (κ1) is 15.8. The van der Waals surface area contributed by atoms with Crippen molar-refractivity contribution in [2.24, 2.45) is 0 Å². The highest BCUT2D eigenvalue weighted by atomic mass is 19.4. The van der Waals surface area contributed by atoms with Crippen LogP contribution in [0.25, 0.3) is 10.9 Å². The van der Waals surface area contributed by atoms with Gasteiger partial charge < -0.3 is 0 Å². The van der Waals surface area contributed by atoms with E-state index in [4.69, 9.17) is 0 Å². The van der Waals surface area contributed by atoms with Gasteiger partial charge >= 0.3 is 6.18 Å². The second-order valence-electron chi connectivity index (χ2n) is 5.39. The molecule has 4 heteroatoms. The molecule has 1 heterocycles. The highest BCUT2D eigenvalue weighted by Gasteiger charge is 2.36. The van der Waals surface area contributed by atoms with E-state index in [-0.39, 0.29) is 0 Å². The van der Waals surface area contributed by atoms with Crippen LogP contribution in [0.15, 0.2) is 18.2 Å². The quantitative estimate of drug-likeness (QED) is 0.729. The lowest BCUT2D eigenvalue weighted by molar-refractivity contribution is -0.141. The van der Waals surface area contributed by atoms with E-state index < -0.39 is 11.9 Å². The minimum absolute atomic E-state index is 0.380. The summed E-state index contributed by atoms with van der Waals surface area (Å²) in [7, 11) is 0. The zero-order valence-corrected chi connectivity index (χ0v) is 12.6. The molecule has 0 fully saturated rings. The molecule has 2 rings (SSSR count). The predicted octanol–water partition coefficient (Wildman–Crippen LogP) is 5.47. The van der Waals surface area contributed by atoms with Gasteiger partial charge in [0.1, 0.15) is 5.69 Å². The summed E-state index contributed by atoms with van der Waals surface area (Å²) in [5.74, 6) is 0. The van der Waals surface area contributed by atoms with E-state index in [0.29, 0.717) is 30.3 Å². The first-order valence-corrected chi connectivity index (χ1v) is 7.38. The van der Waals surface area contributed by atoms with Crippen molar-refractivity contribution in [3.63, 3.8) is 0 Å². The number of alkyl halides is 3. The Labute approximate surface area is 123 Å². The van der Waals surface area contributed by atoms with Crippen molar-refractivity contribution in [3.05, 3.63) is 40.6 Å². The van der Waals surface area contributed by atoms with Crippen LogP contribution in [-0.2, 0) is 19.0 Å². The number of benzene rings is 1. The molecule has 0 aliphatic rings. The number of rotatable bonds is 4. The van der Waals surface area contributed by atoms with Crippen molar-refractivity contribution >= 4 is 10.9 Å². The number of halogens is 3. The van der Waals surface area contributed by atoms with E-state index in [1.165, 1.54) is 0 Å². The Kier molecular flexibility index (Phi) is 4.55. The predicted molar refractivity (Wildman–Crippen MR) is 79.5 cm³/mol. The van der Waals surface area contributed by atoms with Gasteiger partial charge in [0.25, 0.3) is 0 Å². The average Bonchev–Trinajstić information content (AvgIpc) is 2.40. The van der Waals surface area contributed by atoms with Gasteiger partial charge in [-0.25, -0.2) is 4.98 Å². The molecule has 0 N–H and O–H groups in total. The Bertz CT molecular complexity index is 645. The van der Waals surface area contributed by atoms with Crippen LogP contribution in [0.4, 0.5) is 13.2 Å². The lowest BCUT2D eigenvalue weighted by Gasteiger charge is -2.19. The highest BCUT2D eigenvalue weighted by Crippen LogP contribution is 2.36. The third-order valence-electron chi connectivity index (χ3n) is 3.71. The minimum Gasteiger partial charge on any atom is -0.243 e. The molecule has 0 atom stereocenters. The Hall–Kier alpha value is -1.58. The van der Waals surface area contributed by atoms with Crippen molar-refractivity contribution in [1.29, 1.82) is 0 Å². The van der Waals surface area contributed by atoms with Gasteiger partial charge in [-0.15, -0.1) is 0 Å². The summed E-state index contributed by atoms with van der Waals surface area (Å²) < 4.78 is 40.2. The molecule has 0 bridgehead atoms. The number of nitrogens with zero attached hydrogens (tertiary/aromatic N) is 1. The molecule has 2 aromatic rings. The third-order valence-corrected chi connectivity index (χ3v) is 3.71. The smallest absolute Gasteiger partial charge is 0.243 e. The second kappa shape index (κ2) is 6.04. The maximum absolute atomic E-state index is 13.4. The molecule has 21 heavy (non-hydrogen) atoms. The molecule has 1 nitrogen and oxygen atoms in total. The molecule has 114 valence electrons. The summed E-state index contributed by atoms with van der Waals surface area (Å²) in [5, 5.41) is 0.869. The van der Waals surface area contributed by atoms with Gasteiger partial charge in [-0.3, -0.25) is 0 Å². The van der Waals surface area contributed by atoms with Gasteiger partial charge in [0.2, 0.25) is 0 Å². The van der Waals surface area contributed by atoms with Crippen molar-refractivity contribution in [2.75, 3.05) is 0 Å². The number of para-hydroxylation sites is 1. The molecule has 0 amide bonds. The van der Waals surface area contributed by atoms with Crippen molar-refractivity contribution in [1.82, 2.24) is 4.98 Å².